The fourth-order valence-electron chi connectivity index (χ4n) is 2.89. The first-order valence-corrected chi connectivity index (χ1v) is 7.09. The van der Waals surface area contributed by atoms with Gasteiger partial charge in [-0.1, -0.05) is 19.3 Å². The van der Waals surface area contributed by atoms with Crippen LogP contribution in [-0.4, -0.2) is 36.5 Å². The summed E-state index contributed by atoms with van der Waals surface area (Å²) in [4.78, 5) is 25.6. The molecule has 0 aliphatic heterocycles. The number of carbonyl (C=O) groups is 2. The van der Waals surface area contributed by atoms with Crippen molar-refractivity contribution in [3.63, 3.8) is 0 Å². The van der Waals surface area contributed by atoms with Crippen LogP contribution < -0.4 is 0 Å². The number of hydrogen-bond donors (Lipinski definition) is 0. The zero-order chi connectivity index (χ0) is 13.0. The molecule has 0 atom stereocenters. The van der Waals surface area contributed by atoms with Crippen molar-refractivity contribution in [2.75, 3.05) is 13.7 Å². The average molecular weight is 253 g/mol. The van der Waals surface area contributed by atoms with Crippen LogP contribution in [0.15, 0.2) is 0 Å². The molecule has 0 unspecified atom stereocenters. The van der Waals surface area contributed by atoms with E-state index in [0.717, 1.165) is 25.7 Å². The zero-order valence-electron chi connectivity index (χ0n) is 11.2. The molecular formula is C14H23NO3. The van der Waals surface area contributed by atoms with Gasteiger partial charge in [-0.05, 0) is 25.7 Å². The van der Waals surface area contributed by atoms with Gasteiger partial charge >= 0.3 is 5.97 Å². The van der Waals surface area contributed by atoms with Crippen LogP contribution >= 0.6 is 0 Å². The summed E-state index contributed by atoms with van der Waals surface area (Å²) < 4.78 is 4.67. The van der Waals surface area contributed by atoms with Crippen LogP contribution in [0.5, 0.6) is 0 Å². The lowest BCUT2D eigenvalue weighted by molar-refractivity contribution is -0.144. The smallest absolute Gasteiger partial charge is 0.307 e. The highest BCUT2D eigenvalue weighted by molar-refractivity contribution is 5.80. The van der Waals surface area contributed by atoms with Gasteiger partial charge in [0.2, 0.25) is 5.91 Å². The van der Waals surface area contributed by atoms with E-state index < -0.39 is 0 Å². The molecule has 0 N–H and O–H groups in total. The van der Waals surface area contributed by atoms with E-state index in [9.17, 15) is 9.59 Å². The van der Waals surface area contributed by atoms with Crippen molar-refractivity contribution in [2.24, 2.45) is 5.92 Å². The van der Waals surface area contributed by atoms with Gasteiger partial charge in [-0.15, -0.1) is 0 Å². The molecule has 0 aromatic carbocycles. The molecule has 0 heterocycles. The fourth-order valence-corrected chi connectivity index (χ4v) is 2.89. The molecule has 0 aromatic rings. The number of hydrogen-bond acceptors (Lipinski definition) is 3. The minimum atomic E-state index is -0.223. The number of amides is 1. The average Bonchev–Trinajstić information content (AvgIpc) is 2.80. The highest BCUT2D eigenvalue weighted by Crippen LogP contribution is 2.32. The summed E-state index contributed by atoms with van der Waals surface area (Å²) in [5, 5.41) is 0. The summed E-state index contributed by atoms with van der Waals surface area (Å²) in [6.07, 6.45) is 8.16. The Balaban J connectivity index is 1.92. The maximum Gasteiger partial charge on any atom is 0.307 e. The molecule has 0 bridgehead atoms. The first kappa shape index (κ1) is 13.4. The van der Waals surface area contributed by atoms with Crippen molar-refractivity contribution < 1.29 is 14.3 Å². The molecule has 0 saturated heterocycles. The van der Waals surface area contributed by atoms with Crippen molar-refractivity contribution in [2.45, 2.75) is 57.4 Å². The Morgan fingerprint density at radius 2 is 1.78 bits per heavy atom. The molecule has 2 aliphatic carbocycles. The van der Waals surface area contributed by atoms with Crippen molar-refractivity contribution in [1.82, 2.24) is 4.90 Å². The van der Waals surface area contributed by atoms with Gasteiger partial charge in [-0.2, -0.15) is 0 Å². The van der Waals surface area contributed by atoms with E-state index in [-0.39, 0.29) is 17.8 Å². The topological polar surface area (TPSA) is 46.6 Å². The third-order valence-electron chi connectivity index (χ3n) is 4.29. The lowest BCUT2D eigenvalue weighted by Gasteiger charge is -2.35. The summed E-state index contributed by atoms with van der Waals surface area (Å²) in [5.74, 6) is 0.278. The third-order valence-corrected chi connectivity index (χ3v) is 4.29. The first-order chi connectivity index (χ1) is 8.72. The van der Waals surface area contributed by atoms with E-state index in [1.807, 2.05) is 4.90 Å². The van der Waals surface area contributed by atoms with E-state index in [4.69, 9.17) is 0 Å². The predicted octanol–water partition coefficient (Wildman–Crippen LogP) is 2.12. The molecule has 2 saturated carbocycles. The number of carbonyl (C=O) groups excluding carboxylic acids is 2. The monoisotopic (exact) mass is 253 g/mol. The number of rotatable bonds is 5. The summed E-state index contributed by atoms with van der Waals surface area (Å²) in [6.45, 7) is 0.534. The van der Waals surface area contributed by atoms with Crippen LogP contribution in [-0.2, 0) is 14.3 Å². The van der Waals surface area contributed by atoms with Crippen molar-refractivity contribution in [3.8, 4) is 0 Å². The molecule has 2 rings (SSSR count). The quantitative estimate of drug-likeness (QED) is 0.705. The highest BCUT2D eigenvalue weighted by atomic mass is 16.5. The Bertz CT molecular complexity index is 306. The van der Waals surface area contributed by atoms with Crippen LogP contribution in [0, 0.1) is 5.92 Å². The Morgan fingerprint density at radius 3 is 2.28 bits per heavy atom. The summed E-state index contributed by atoms with van der Waals surface area (Å²) >= 11 is 0. The van der Waals surface area contributed by atoms with Gasteiger partial charge in [0, 0.05) is 18.5 Å². The largest absolute Gasteiger partial charge is 0.469 e. The first-order valence-electron chi connectivity index (χ1n) is 7.09. The van der Waals surface area contributed by atoms with Crippen molar-refractivity contribution in [1.29, 1.82) is 0 Å². The Kier molecular flexibility index (Phi) is 4.61. The summed E-state index contributed by atoms with van der Waals surface area (Å²) in [5.41, 5.74) is 0. The molecule has 0 radical (unpaired) electrons. The second-order valence-electron chi connectivity index (χ2n) is 5.42. The van der Waals surface area contributed by atoms with Gasteiger partial charge in [0.15, 0.2) is 0 Å². The highest BCUT2D eigenvalue weighted by Gasteiger charge is 2.34. The fraction of sp³-hybridized carbons (Fsp3) is 0.857. The van der Waals surface area contributed by atoms with Gasteiger partial charge in [0.25, 0.3) is 0 Å². The van der Waals surface area contributed by atoms with E-state index in [0.29, 0.717) is 19.0 Å². The van der Waals surface area contributed by atoms with Crippen molar-refractivity contribution >= 4 is 11.9 Å². The van der Waals surface area contributed by atoms with Gasteiger partial charge < -0.3 is 9.64 Å². The van der Waals surface area contributed by atoms with Crippen LogP contribution in [0.1, 0.15) is 51.4 Å². The molecule has 18 heavy (non-hydrogen) atoms. The number of nitrogens with zero attached hydrogens (tertiary/aromatic N) is 1. The zero-order valence-corrected chi connectivity index (χ0v) is 11.2. The van der Waals surface area contributed by atoms with Crippen LogP contribution in [0.3, 0.4) is 0 Å². The molecule has 1 amide bonds. The molecule has 2 aliphatic rings. The minimum Gasteiger partial charge on any atom is -0.469 e. The van der Waals surface area contributed by atoms with E-state index >= 15 is 0 Å². The van der Waals surface area contributed by atoms with Gasteiger partial charge in [-0.25, -0.2) is 0 Å². The lowest BCUT2D eigenvalue weighted by atomic mass is 9.84. The number of ether oxygens (including phenoxy) is 1. The third kappa shape index (κ3) is 3.03. The molecule has 4 heteroatoms. The molecule has 2 fully saturated rings. The van der Waals surface area contributed by atoms with E-state index in [1.165, 1.54) is 26.4 Å². The predicted molar refractivity (Wildman–Crippen MR) is 67.9 cm³/mol. The molecule has 0 spiro atoms. The van der Waals surface area contributed by atoms with E-state index in [1.54, 1.807) is 0 Å². The standard InChI is InChI=1S/C14H23NO3/c1-18-13(16)9-10-15(12-7-2-3-8-12)14(17)11-5-4-6-11/h11-12H,2-10H2,1H3. The molecule has 4 nitrogen and oxygen atoms in total. The number of esters is 1. The minimum absolute atomic E-state index is 0.223. The Labute approximate surface area is 109 Å². The lowest BCUT2D eigenvalue weighted by Crippen LogP contribution is -2.45. The normalized spacial score (nSPS) is 20.5. The van der Waals surface area contributed by atoms with Gasteiger partial charge in [-0.3, -0.25) is 9.59 Å². The Morgan fingerprint density at radius 1 is 1.11 bits per heavy atom. The number of methoxy groups -OCH3 is 1. The van der Waals surface area contributed by atoms with Gasteiger partial charge in [0.05, 0.1) is 13.5 Å². The second-order valence-corrected chi connectivity index (χ2v) is 5.42. The second kappa shape index (κ2) is 6.21. The van der Waals surface area contributed by atoms with Crippen LogP contribution in [0.25, 0.3) is 0 Å². The van der Waals surface area contributed by atoms with E-state index in [2.05, 4.69) is 4.74 Å². The Hall–Kier alpha value is -1.06. The maximum atomic E-state index is 12.4. The molecule has 102 valence electrons. The molecule has 0 aromatic heterocycles. The maximum absolute atomic E-state index is 12.4. The van der Waals surface area contributed by atoms with Gasteiger partial charge in [0.1, 0.15) is 0 Å². The SMILES string of the molecule is COC(=O)CCN(C(=O)C1CCC1)C1CCCC1. The van der Waals surface area contributed by atoms with Crippen molar-refractivity contribution in [3.05, 3.63) is 0 Å². The van der Waals surface area contributed by atoms with Crippen LogP contribution in [0.4, 0.5) is 0 Å². The summed E-state index contributed by atoms with van der Waals surface area (Å²) in [7, 11) is 1.40. The summed E-state index contributed by atoms with van der Waals surface area (Å²) in [6, 6.07) is 0.364. The molecular weight excluding hydrogens is 230 g/mol. The van der Waals surface area contributed by atoms with Crippen LogP contribution in [0.2, 0.25) is 0 Å².